The van der Waals surface area contributed by atoms with Crippen molar-refractivity contribution in [1.82, 2.24) is 14.1 Å². The Kier molecular flexibility index (Phi) is 4.82. The van der Waals surface area contributed by atoms with E-state index in [0.717, 1.165) is 19.9 Å². The molecule has 28 heavy (non-hydrogen) atoms. The van der Waals surface area contributed by atoms with E-state index >= 15 is 0 Å². The van der Waals surface area contributed by atoms with Crippen molar-refractivity contribution in [2.24, 2.45) is 0 Å². The maximum atomic E-state index is 12.9. The lowest BCUT2D eigenvalue weighted by Gasteiger charge is -2.18. The first-order valence-corrected chi connectivity index (χ1v) is 8.78. The van der Waals surface area contributed by atoms with Gasteiger partial charge in [0.15, 0.2) is 6.23 Å². The van der Waals surface area contributed by atoms with Gasteiger partial charge in [0.05, 0.1) is 18.8 Å². The summed E-state index contributed by atoms with van der Waals surface area (Å²) in [5, 5.41) is 31.1. The lowest BCUT2D eigenvalue weighted by atomic mass is 10.1. The van der Waals surface area contributed by atoms with Crippen molar-refractivity contribution in [3.63, 3.8) is 0 Å². The number of rotatable bonds is 4. The predicted octanol–water partition coefficient (Wildman–Crippen LogP) is -0.782. The Morgan fingerprint density at radius 2 is 1.86 bits per heavy atom. The molecule has 0 saturated carbocycles. The van der Waals surface area contributed by atoms with Crippen LogP contribution in [0.3, 0.4) is 0 Å². The van der Waals surface area contributed by atoms with Gasteiger partial charge in [0.25, 0.3) is 5.56 Å². The second kappa shape index (κ2) is 7.28. The Morgan fingerprint density at radius 3 is 2.61 bits per heavy atom. The highest BCUT2D eigenvalue weighted by molar-refractivity contribution is 5.84. The number of hydrogen-bond donors (Lipinski definition) is 3. The average molecular weight is 385 g/mol. The zero-order valence-corrected chi connectivity index (χ0v) is 14.8. The first-order chi connectivity index (χ1) is 13.5. The second-order valence-corrected chi connectivity index (χ2v) is 6.64. The van der Waals surface area contributed by atoms with Gasteiger partial charge in [-0.15, -0.1) is 0 Å². The number of pyridine rings is 1. The number of fused-ring (bicyclic) bond motifs is 1. The number of benzene rings is 1. The molecule has 0 amide bonds. The highest BCUT2D eigenvalue weighted by Gasteiger charge is 2.43. The first-order valence-electron chi connectivity index (χ1n) is 8.78. The molecule has 2 unspecified atom stereocenters. The molecule has 0 bridgehead atoms. The number of nitrogens with zero attached hydrogens (tertiary/aromatic N) is 3. The van der Waals surface area contributed by atoms with Gasteiger partial charge in [-0.2, -0.15) is 0 Å². The molecule has 1 saturated heterocycles. The fourth-order valence-corrected chi connectivity index (χ4v) is 3.44. The summed E-state index contributed by atoms with van der Waals surface area (Å²) < 4.78 is 7.43. The zero-order chi connectivity index (χ0) is 19.8. The summed E-state index contributed by atoms with van der Waals surface area (Å²) >= 11 is 0. The third-order valence-corrected chi connectivity index (χ3v) is 4.95. The highest BCUT2D eigenvalue weighted by atomic mass is 16.6. The lowest BCUT2D eigenvalue weighted by Crippen LogP contribution is -2.43. The van der Waals surface area contributed by atoms with Gasteiger partial charge in [-0.05, 0) is 11.5 Å². The molecular formula is C19H19N3O6. The van der Waals surface area contributed by atoms with Gasteiger partial charge in [-0.1, -0.05) is 24.3 Å². The molecule has 4 atom stereocenters. The number of aromatic nitrogens is 3. The van der Waals surface area contributed by atoms with Gasteiger partial charge in [-0.25, -0.2) is 4.79 Å². The molecule has 2 aromatic heterocycles. The van der Waals surface area contributed by atoms with Crippen LogP contribution in [0.1, 0.15) is 11.9 Å². The summed E-state index contributed by atoms with van der Waals surface area (Å²) in [5.74, 6) is 0. The first kappa shape index (κ1) is 18.5. The van der Waals surface area contributed by atoms with E-state index in [9.17, 15) is 24.9 Å². The van der Waals surface area contributed by atoms with E-state index in [1.807, 2.05) is 30.3 Å². The van der Waals surface area contributed by atoms with Crippen LogP contribution in [-0.2, 0) is 11.3 Å². The molecule has 0 spiro atoms. The van der Waals surface area contributed by atoms with Gasteiger partial charge >= 0.3 is 5.69 Å². The van der Waals surface area contributed by atoms with E-state index in [2.05, 4.69) is 4.98 Å². The van der Waals surface area contributed by atoms with Crippen LogP contribution in [0.25, 0.3) is 10.8 Å². The molecule has 3 N–H and O–H groups in total. The smallest absolute Gasteiger partial charge is 0.333 e. The summed E-state index contributed by atoms with van der Waals surface area (Å²) in [7, 11) is 0. The third kappa shape index (κ3) is 3.04. The van der Waals surface area contributed by atoms with Crippen LogP contribution in [0.5, 0.6) is 0 Å². The standard InChI is InChI=1S/C19H19N3O6/c23-10-14-16(25)17(26)18(28-14)21-8-6-15(24)22(19(21)27)9-13-12-4-2-1-3-11(12)5-7-20-13/h1-8,14,16-18,23,25-26H,9-10H2/t14-,16?,17?,18-/m1/s1. The fraction of sp³-hybridized carbons (Fsp3) is 0.316. The van der Waals surface area contributed by atoms with Gasteiger partial charge in [0, 0.05) is 23.8 Å². The minimum absolute atomic E-state index is 0.0609. The molecule has 0 radical (unpaired) electrons. The lowest BCUT2D eigenvalue weighted by molar-refractivity contribution is -0.0555. The van der Waals surface area contributed by atoms with E-state index in [0.29, 0.717) is 5.69 Å². The van der Waals surface area contributed by atoms with Crippen LogP contribution >= 0.6 is 0 Å². The van der Waals surface area contributed by atoms with Crippen molar-refractivity contribution in [3.05, 3.63) is 75.3 Å². The molecule has 3 aromatic rings. The maximum Gasteiger partial charge on any atom is 0.333 e. The number of aliphatic hydroxyl groups is 3. The quantitative estimate of drug-likeness (QED) is 0.538. The minimum Gasteiger partial charge on any atom is -0.394 e. The zero-order valence-electron chi connectivity index (χ0n) is 14.8. The van der Waals surface area contributed by atoms with Crippen molar-refractivity contribution >= 4 is 10.8 Å². The summed E-state index contributed by atoms with van der Waals surface area (Å²) in [5.41, 5.74) is -0.684. The number of hydrogen-bond acceptors (Lipinski definition) is 7. The van der Waals surface area contributed by atoms with Gasteiger partial charge in [-0.3, -0.25) is 18.9 Å². The van der Waals surface area contributed by atoms with Crippen LogP contribution in [0, 0.1) is 0 Å². The van der Waals surface area contributed by atoms with Gasteiger partial charge < -0.3 is 20.1 Å². The van der Waals surface area contributed by atoms with E-state index < -0.39 is 42.4 Å². The van der Waals surface area contributed by atoms with Gasteiger partial charge in [0.1, 0.15) is 18.3 Å². The highest BCUT2D eigenvalue weighted by Crippen LogP contribution is 2.27. The molecule has 9 nitrogen and oxygen atoms in total. The Balaban J connectivity index is 1.76. The van der Waals surface area contributed by atoms with E-state index in [4.69, 9.17) is 4.74 Å². The molecule has 1 aliphatic rings. The molecule has 1 aromatic carbocycles. The average Bonchev–Trinajstić information content (AvgIpc) is 2.99. The number of aliphatic hydroxyl groups excluding tert-OH is 3. The normalized spacial score (nSPS) is 24.7. The van der Waals surface area contributed by atoms with E-state index in [1.165, 1.54) is 12.3 Å². The van der Waals surface area contributed by atoms with Crippen LogP contribution in [-0.4, -0.2) is 54.4 Å². The molecule has 9 heteroatoms. The van der Waals surface area contributed by atoms with Crippen molar-refractivity contribution in [2.75, 3.05) is 6.61 Å². The second-order valence-electron chi connectivity index (χ2n) is 6.64. The summed E-state index contributed by atoms with van der Waals surface area (Å²) in [6.45, 7) is -0.572. The van der Waals surface area contributed by atoms with Crippen LogP contribution < -0.4 is 11.2 Å². The topological polar surface area (TPSA) is 127 Å². The largest absolute Gasteiger partial charge is 0.394 e. The molecule has 0 aliphatic carbocycles. The SMILES string of the molecule is O=c1ccn([C@@H]2O[C@H](CO)C(O)C2O)c(=O)n1Cc1nccc2ccccc12. The van der Waals surface area contributed by atoms with Crippen LogP contribution in [0.15, 0.2) is 58.4 Å². The molecule has 4 rings (SSSR count). The van der Waals surface area contributed by atoms with Crippen LogP contribution in [0.2, 0.25) is 0 Å². The summed E-state index contributed by atoms with van der Waals surface area (Å²) in [4.78, 5) is 29.6. The maximum absolute atomic E-state index is 12.9. The number of ether oxygens (including phenoxy) is 1. The van der Waals surface area contributed by atoms with E-state index in [-0.39, 0.29) is 6.54 Å². The Morgan fingerprint density at radius 1 is 1.07 bits per heavy atom. The molecule has 1 fully saturated rings. The summed E-state index contributed by atoms with van der Waals surface area (Å²) in [6.07, 6.45) is -2.19. The molecule has 146 valence electrons. The monoisotopic (exact) mass is 385 g/mol. The Labute approximate surface area is 158 Å². The Bertz CT molecular complexity index is 1120. The predicted molar refractivity (Wildman–Crippen MR) is 98.8 cm³/mol. The minimum atomic E-state index is -1.42. The fourth-order valence-electron chi connectivity index (χ4n) is 3.44. The van der Waals surface area contributed by atoms with Crippen molar-refractivity contribution in [1.29, 1.82) is 0 Å². The van der Waals surface area contributed by atoms with Gasteiger partial charge in [0.2, 0.25) is 0 Å². The molecule has 3 heterocycles. The third-order valence-electron chi connectivity index (χ3n) is 4.95. The Hall–Kier alpha value is -2.85. The van der Waals surface area contributed by atoms with Crippen molar-refractivity contribution in [3.8, 4) is 0 Å². The van der Waals surface area contributed by atoms with Crippen molar-refractivity contribution in [2.45, 2.75) is 31.1 Å². The van der Waals surface area contributed by atoms with Crippen LogP contribution in [0.4, 0.5) is 0 Å². The van der Waals surface area contributed by atoms with E-state index in [1.54, 1.807) is 6.20 Å². The summed E-state index contributed by atoms with van der Waals surface area (Å²) in [6, 6.07) is 10.5. The van der Waals surface area contributed by atoms with Crippen molar-refractivity contribution < 1.29 is 20.1 Å². The molecule has 1 aliphatic heterocycles. The molecular weight excluding hydrogens is 366 g/mol.